The van der Waals surface area contributed by atoms with Gasteiger partial charge >= 0.3 is 5.97 Å². The number of rotatable bonds is 4. The summed E-state index contributed by atoms with van der Waals surface area (Å²) in [5.74, 6) is -3.36. The molecule has 0 aromatic heterocycles. The molecule has 4 rings (SSSR count). The highest BCUT2D eigenvalue weighted by Gasteiger charge is 2.77. The van der Waals surface area contributed by atoms with Gasteiger partial charge in [-0.1, -0.05) is 26.8 Å². The van der Waals surface area contributed by atoms with E-state index in [1.165, 1.54) is 12.2 Å². The first-order valence-corrected chi connectivity index (χ1v) is 12.2. The molecule has 0 unspecified atom stereocenters. The fraction of sp³-hybridized carbons (Fsp3) is 0.720. The van der Waals surface area contributed by atoms with Gasteiger partial charge in [0.1, 0.15) is 5.83 Å². The maximum absolute atomic E-state index is 17.2. The van der Waals surface area contributed by atoms with E-state index in [-0.39, 0.29) is 37.0 Å². The van der Waals surface area contributed by atoms with Crippen molar-refractivity contribution in [3.8, 4) is 0 Å². The summed E-state index contributed by atoms with van der Waals surface area (Å²) in [4.78, 5) is 37.5. The lowest BCUT2D eigenvalue weighted by molar-refractivity contribution is -0.223. The molecule has 33 heavy (non-hydrogen) atoms. The van der Waals surface area contributed by atoms with Crippen molar-refractivity contribution in [2.45, 2.75) is 83.6 Å². The van der Waals surface area contributed by atoms with Crippen LogP contribution in [0.5, 0.6) is 0 Å². The number of hydrogen-bond donors (Lipinski definition) is 2. The quantitative estimate of drug-likeness (QED) is 0.458. The van der Waals surface area contributed by atoms with E-state index in [4.69, 9.17) is 4.74 Å². The Kier molecular flexibility index (Phi) is 5.76. The molecular weight excluding hydrogens is 450 g/mol. The molecule has 1 N–H and O–H groups in total. The van der Waals surface area contributed by atoms with Crippen LogP contribution < -0.4 is 0 Å². The second-order valence-corrected chi connectivity index (χ2v) is 11.2. The number of alkyl halides is 1. The monoisotopic (exact) mass is 482 g/mol. The summed E-state index contributed by atoms with van der Waals surface area (Å²) in [5, 5.41) is 10.7. The Balaban J connectivity index is 1.86. The van der Waals surface area contributed by atoms with Gasteiger partial charge in [0.15, 0.2) is 17.1 Å². The number of aliphatic hydroxyl groups is 1. The van der Waals surface area contributed by atoms with E-state index in [2.05, 4.69) is 12.6 Å². The Morgan fingerprint density at radius 1 is 1.30 bits per heavy atom. The predicted octanol–water partition coefficient (Wildman–Crippen LogP) is 4.44. The molecule has 4 aliphatic carbocycles. The zero-order chi connectivity index (χ0) is 24.6. The first-order valence-electron chi connectivity index (χ1n) is 11.7. The maximum Gasteiger partial charge on any atom is 0.306 e. The van der Waals surface area contributed by atoms with E-state index in [0.717, 1.165) is 0 Å². The van der Waals surface area contributed by atoms with Crippen molar-refractivity contribution in [3.05, 3.63) is 23.6 Å². The molecule has 0 aromatic carbocycles. The molecule has 8 atom stereocenters. The molecule has 182 valence electrons. The summed E-state index contributed by atoms with van der Waals surface area (Å²) in [6.45, 7) is 6.86. The standard InChI is InChI=1S/C25H32F2O5S/c1-5-6-20(30)32-25(21(31)33)13(2)9-15-16-11-18(26)17-10-14(28)7-8-22(17,3)24(16,27)19(29)12-23(15,25)4/h7-8,13,15-16,19,29H,5-6,9-12H2,1-4H3,(H,31,33)/t13-,15+,16+,19+,22+,23+,24+,25+/m1/s1. The van der Waals surface area contributed by atoms with Crippen molar-refractivity contribution in [2.24, 2.45) is 28.6 Å². The molecule has 0 saturated heterocycles. The maximum atomic E-state index is 17.2. The highest BCUT2D eigenvalue weighted by molar-refractivity contribution is 7.96. The van der Waals surface area contributed by atoms with Crippen molar-refractivity contribution in [1.29, 1.82) is 0 Å². The van der Waals surface area contributed by atoms with Crippen molar-refractivity contribution >= 4 is 29.5 Å². The van der Waals surface area contributed by atoms with Gasteiger partial charge in [0.2, 0.25) is 5.12 Å². The van der Waals surface area contributed by atoms with Crippen molar-refractivity contribution in [2.75, 3.05) is 0 Å². The summed E-state index contributed by atoms with van der Waals surface area (Å²) in [6, 6.07) is 0. The Labute approximate surface area is 198 Å². The Morgan fingerprint density at radius 2 is 1.97 bits per heavy atom. The van der Waals surface area contributed by atoms with Gasteiger partial charge in [-0.15, -0.1) is 12.6 Å². The van der Waals surface area contributed by atoms with E-state index < -0.39 is 62.9 Å². The Morgan fingerprint density at radius 3 is 2.58 bits per heavy atom. The molecule has 0 bridgehead atoms. The molecule has 2 fully saturated rings. The Bertz CT molecular complexity index is 978. The molecule has 0 heterocycles. The number of ketones is 1. The van der Waals surface area contributed by atoms with E-state index in [9.17, 15) is 19.5 Å². The molecule has 8 heteroatoms. The average molecular weight is 483 g/mol. The van der Waals surface area contributed by atoms with Gasteiger partial charge in [-0.3, -0.25) is 14.4 Å². The van der Waals surface area contributed by atoms with Crippen LogP contribution in [0.1, 0.15) is 66.2 Å². The normalized spacial score (nSPS) is 46.5. The van der Waals surface area contributed by atoms with Crippen LogP contribution in [-0.4, -0.2) is 39.3 Å². The summed E-state index contributed by atoms with van der Waals surface area (Å²) in [5.41, 5.74) is -6.39. The molecule has 0 aromatic rings. The summed E-state index contributed by atoms with van der Waals surface area (Å²) >= 11 is 4.12. The van der Waals surface area contributed by atoms with E-state index in [1.54, 1.807) is 20.8 Å². The molecule has 2 saturated carbocycles. The molecule has 5 nitrogen and oxygen atoms in total. The highest BCUT2D eigenvalue weighted by atomic mass is 32.1. The smallest absolute Gasteiger partial charge is 0.306 e. The van der Waals surface area contributed by atoms with Gasteiger partial charge < -0.3 is 9.84 Å². The van der Waals surface area contributed by atoms with Crippen LogP contribution in [0, 0.1) is 28.6 Å². The second-order valence-electron chi connectivity index (χ2n) is 10.8. The number of aliphatic hydroxyl groups excluding tert-OH is 1. The first-order chi connectivity index (χ1) is 15.3. The first kappa shape index (κ1) is 24.6. The third-order valence-electron chi connectivity index (χ3n) is 9.25. The highest BCUT2D eigenvalue weighted by Crippen LogP contribution is 2.71. The molecule has 0 spiro atoms. The largest absolute Gasteiger partial charge is 0.449 e. The lowest BCUT2D eigenvalue weighted by Gasteiger charge is -2.62. The van der Waals surface area contributed by atoms with Crippen LogP contribution >= 0.6 is 12.6 Å². The Hall–Kier alpha value is -1.54. The van der Waals surface area contributed by atoms with Gasteiger partial charge in [0, 0.05) is 41.9 Å². The molecule has 0 amide bonds. The van der Waals surface area contributed by atoms with Crippen molar-refractivity contribution in [3.63, 3.8) is 0 Å². The van der Waals surface area contributed by atoms with Crippen LogP contribution in [0.4, 0.5) is 8.78 Å². The van der Waals surface area contributed by atoms with Crippen molar-refractivity contribution in [1.82, 2.24) is 0 Å². The third kappa shape index (κ3) is 2.95. The number of ether oxygens (including phenoxy) is 1. The average Bonchev–Trinajstić information content (AvgIpc) is 2.94. The lowest BCUT2D eigenvalue weighted by Crippen LogP contribution is -2.69. The topological polar surface area (TPSA) is 80.7 Å². The number of allylic oxidation sites excluding steroid dienone is 4. The number of halogens is 2. The zero-order valence-corrected chi connectivity index (χ0v) is 20.4. The SMILES string of the molecule is CCCC(=O)O[C@]1(C(=O)S)[C@H](C)C[C@H]2[C@@H]3CC(F)=C4CC(=O)C=C[C@]4(C)[C@@]3(F)[C@@H](O)C[C@@]21C. The van der Waals surface area contributed by atoms with E-state index in [0.29, 0.717) is 12.8 Å². The van der Waals surface area contributed by atoms with E-state index >= 15 is 8.78 Å². The third-order valence-corrected chi connectivity index (χ3v) is 9.58. The minimum atomic E-state index is -2.23. The molecule has 0 radical (unpaired) electrons. The van der Waals surface area contributed by atoms with Crippen LogP contribution in [0.2, 0.25) is 0 Å². The van der Waals surface area contributed by atoms with Gasteiger partial charge in [0.25, 0.3) is 0 Å². The second kappa shape index (κ2) is 7.74. The molecule has 0 aliphatic heterocycles. The zero-order valence-electron chi connectivity index (χ0n) is 19.5. The molecule has 4 aliphatic rings. The fourth-order valence-electron chi connectivity index (χ4n) is 7.65. The van der Waals surface area contributed by atoms with Gasteiger partial charge in [-0.25, -0.2) is 8.78 Å². The molecular formula is C25H32F2O5S. The summed E-state index contributed by atoms with van der Waals surface area (Å²) in [6.07, 6.45) is 1.45. The fourth-order valence-corrected chi connectivity index (χ4v) is 8.17. The van der Waals surface area contributed by atoms with Crippen LogP contribution in [0.25, 0.3) is 0 Å². The minimum Gasteiger partial charge on any atom is -0.449 e. The number of thiol groups is 1. The number of carbonyl (C=O) groups excluding carboxylic acids is 3. The number of hydrogen-bond acceptors (Lipinski definition) is 5. The minimum absolute atomic E-state index is 0.0911. The van der Waals surface area contributed by atoms with E-state index in [1.807, 2.05) is 6.92 Å². The number of fused-ring (bicyclic) bond motifs is 5. The van der Waals surface area contributed by atoms with Crippen molar-refractivity contribution < 1.29 is 33.0 Å². The van der Waals surface area contributed by atoms with Crippen LogP contribution in [0.3, 0.4) is 0 Å². The predicted molar refractivity (Wildman–Crippen MR) is 121 cm³/mol. The van der Waals surface area contributed by atoms with Crippen LogP contribution in [0.15, 0.2) is 23.6 Å². The summed E-state index contributed by atoms with van der Waals surface area (Å²) in [7, 11) is 0. The van der Waals surface area contributed by atoms with Crippen LogP contribution in [-0.2, 0) is 19.1 Å². The van der Waals surface area contributed by atoms with Gasteiger partial charge in [0.05, 0.1) is 6.10 Å². The summed E-state index contributed by atoms with van der Waals surface area (Å²) < 4.78 is 38.5. The van der Waals surface area contributed by atoms with Gasteiger partial charge in [-0.05, 0) is 43.8 Å². The van der Waals surface area contributed by atoms with Gasteiger partial charge in [-0.2, -0.15) is 0 Å². The number of esters is 1. The number of carbonyl (C=O) groups is 3. The lowest BCUT2D eigenvalue weighted by atomic mass is 9.45.